The van der Waals surface area contributed by atoms with Gasteiger partial charge in [-0.05, 0) is 103 Å². The van der Waals surface area contributed by atoms with Crippen LogP contribution in [0.4, 0.5) is 0 Å². The molecule has 6 nitrogen and oxygen atoms in total. The smallest absolute Gasteiger partial charge is 0.306 e. The summed E-state index contributed by atoms with van der Waals surface area (Å²) in [4.78, 5) is 38.3. The maximum absolute atomic E-state index is 12.9. The highest BCUT2D eigenvalue weighted by atomic mass is 16.6. The van der Waals surface area contributed by atoms with Crippen LogP contribution in [-0.2, 0) is 28.6 Å². The van der Waals surface area contributed by atoms with Crippen LogP contribution < -0.4 is 0 Å². The third kappa shape index (κ3) is 58.8. The molecule has 0 bridgehead atoms. The molecule has 6 heteroatoms. The average Bonchev–Trinajstić information content (AvgIpc) is 3.39. The minimum atomic E-state index is -0.801. The van der Waals surface area contributed by atoms with E-state index in [4.69, 9.17) is 14.2 Å². The van der Waals surface area contributed by atoms with Crippen LogP contribution in [0.2, 0.25) is 0 Å². The number of ether oxygens (including phenoxy) is 3. The molecule has 0 saturated heterocycles. The molecule has 0 amide bonds. The van der Waals surface area contributed by atoms with Gasteiger partial charge in [0.05, 0.1) is 0 Å². The van der Waals surface area contributed by atoms with Gasteiger partial charge in [-0.1, -0.05) is 265 Å². The Labute approximate surface area is 450 Å². The number of rotatable bonds is 54. The molecule has 0 N–H and O–H groups in total. The van der Waals surface area contributed by atoms with Crippen molar-refractivity contribution in [2.45, 2.75) is 284 Å². The first-order valence-corrected chi connectivity index (χ1v) is 30.4. The third-order valence-electron chi connectivity index (χ3n) is 12.8. The second-order valence-electron chi connectivity index (χ2n) is 19.9. The summed E-state index contributed by atoms with van der Waals surface area (Å²) in [6, 6.07) is 0. The van der Waals surface area contributed by atoms with Crippen LogP contribution >= 0.6 is 0 Å². The van der Waals surface area contributed by atoms with Crippen LogP contribution in [0, 0.1) is 0 Å². The van der Waals surface area contributed by atoms with Crippen molar-refractivity contribution >= 4 is 17.9 Å². The maximum Gasteiger partial charge on any atom is 0.306 e. The first kappa shape index (κ1) is 69.1. The molecule has 0 fully saturated rings. The van der Waals surface area contributed by atoms with E-state index in [2.05, 4.69) is 130 Å². The summed E-state index contributed by atoms with van der Waals surface area (Å²) in [5.74, 6) is -0.935. The normalized spacial score (nSPS) is 12.9. The van der Waals surface area contributed by atoms with Gasteiger partial charge in [-0.2, -0.15) is 0 Å². The van der Waals surface area contributed by atoms with Gasteiger partial charge in [0, 0.05) is 19.3 Å². The van der Waals surface area contributed by atoms with Crippen molar-refractivity contribution in [3.8, 4) is 0 Å². The lowest BCUT2D eigenvalue weighted by molar-refractivity contribution is -0.167. The highest BCUT2D eigenvalue weighted by molar-refractivity contribution is 5.71. The predicted molar refractivity (Wildman–Crippen MR) is 316 cm³/mol. The minimum Gasteiger partial charge on any atom is -0.462 e. The van der Waals surface area contributed by atoms with E-state index in [9.17, 15) is 14.4 Å². The number of carbonyl (C=O) groups excluding carboxylic acids is 3. The average molecular weight is 1010 g/mol. The Bertz CT molecular complexity index is 1490. The fraction of sp³-hybridized carbons (Fsp3) is 0.687. The molecule has 0 aromatic rings. The molecule has 0 aliphatic carbocycles. The Hall–Kier alpha value is -3.93. The number of carbonyl (C=O) groups is 3. The van der Waals surface area contributed by atoms with E-state index in [1.54, 1.807) is 0 Å². The van der Waals surface area contributed by atoms with Crippen molar-refractivity contribution in [1.82, 2.24) is 0 Å². The van der Waals surface area contributed by atoms with Crippen LogP contribution in [0.5, 0.6) is 0 Å². The number of allylic oxidation sites excluding steroid dienone is 18. The first-order chi connectivity index (χ1) is 36.0. The monoisotopic (exact) mass is 1010 g/mol. The molecule has 0 aliphatic rings. The van der Waals surface area contributed by atoms with Gasteiger partial charge in [-0.3, -0.25) is 14.4 Å². The molecule has 73 heavy (non-hydrogen) atoms. The van der Waals surface area contributed by atoms with E-state index in [0.717, 1.165) is 135 Å². The molecule has 1 atom stereocenters. The van der Waals surface area contributed by atoms with Gasteiger partial charge in [-0.25, -0.2) is 0 Å². The molecule has 0 heterocycles. The van der Waals surface area contributed by atoms with E-state index < -0.39 is 6.10 Å². The van der Waals surface area contributed by atoms with Crippen molar-refractivity contribution in [1.29, 1.82) is 0 Å². The molecule has 0 radical (unpaired) electrons. The quantitative estimate of drug-likeness (QED) is 0.0261. The maximum atomic E-state index is 12.9. The zero-order chi connectivity index (χ0) is 52.9. The topological polar surface area (TPSA) is 78.9 Å². The van der Waals surface area contributed by atoms with E-state index in [1.807, 2.05) is 0 Å². The molecular weight excluding hydrogens is 901 g/mol. The van der Waals surface area contributed by atoms with E-state index >= 15 is 0 Å². The number of hydrogen-bond donors (Lipinski definition) is 0. The summed E-state index contributed by atoms with van der Waals surface area (Å²) in [6.45, 7) is 6.39. The summed E-state index contributed by atoms with van der Waals surface area (Å²) in [5, 5.41) is 0. The number of esters is 3. The van der Waals surface area contributed by atoms with E-state index in [-0.39, 0.29) is 31.1 Å². The van der Waals surface area contributed by atoms with E-state index in [0.29, 0.717) is 19.3 Å². The Kier molecular flexibility index (Phi) is 57.4. The number of unbranched alkanes of at least 4 members (excludes halogenated alkanes) is 25. The van der Waals surface area contributed by atoms with Gasteiger partial charge in [0.2, 0.25) is 0 Å². The minimum absolute atomic E-state index is 0.0939. The highest BCUT2D eigenvalue weighted by Gasteiger charge is 2.19. The van der Waals surface area contributed by atoms with Crippen LogP contribution in [-0.4, -0.2) is 37.2 Å². The van der Waals surface area contributed by atoms with Crippen LogP contribution in [0.1, 0.15) is 278 Å². The Morgan fingerprint density at radius 1 is 0.288 bits per heavy atom. The van der Waals surface area contributed by atoms with Crippen molar-refractivity contribution < 1.29 is 28.6 Å². The Morgan fingerprint density at radius 3 is 0.849 bits per heavy atom. The highest BCUT2D eigenvalue weighted by Crippen LogP contribution is 2.16. The van der Waals surface area contributed by atoms with Crippen molar-refractivity contribution in [2.24, 2.45) is 0 Å². The first-order valence-electron chi connectivity index (χ1n) is 30.4. The molecule has 416 valence electrons. The SMILES string of the molecule is CC/C=C\C/C=C\C/C=C\C/C=C\C/C=C\CCCCCC(=O)OCC(COC(=O)CCCCCCCCCCCCCCCCCCC)OC(=O)CCCCCCCC/C=C\C/C=C\C/C=C\C/C=C\CC. The fourth-order valence-electron chi connectivity index (χ4n) is 8.28. The number of hydrogen-bond acceptors (Lipinski definition) is 6. The molecule has 0 aromatic heterocycles. The summed E-state index contributed by atoms with van der Waals surface area (Å²) in [5.41, 5.74) is 0. The van der Waals surface area contributed by atoms with Gasteiger partial charge in [0.25, 0.3) is 0 Å². The second-order valence-corrected chi connectivity index (χ2v) is 19.9. The zero-order valence-corrected chi connectivity index (χ0v) is 47.6. The summed E-state index contributed by atoms with van der Waals surface area (Å²) >= 11 is 0. The third-order valence-corrected chi connectivity index (χ3v) is 12.8. The lowest BCUT2D eigenvalue weighted by Gasteiger charge is -2.18. The van der Waals surface area contributed by atoms with Crippen molar-refractivity contribution in [3.05, 3.63) is 109 Å². The molecule has 0 aromatic carbocycles. The molecule has 0 rings (SSSR count). The van der Waals surface area contributed by atoms with Gasteiger partial charge < -0.3 is 14.2 Å². The van der Waals surface area contributed by atoms with Gasteiger partial charge in [-0.15, -0.1) is 0 Å². The lowest BCUT2D eigenvalue weighted by Crippen LogP contribution is -2.30. The fourth-order valence-corrected chi connectivity index (χ4v) is 8.28. The summed E-state index contributed by atoms with van der Waals surface area (Å²) in [7, 11) is 0. The van der Waals surface area contributed by atoms with Crippen LogP contribution in [0.3, 0.4) is 0 Å². The zero-order valence-electron chi connectivity index (χ0n) is 47.6. The van der Waals surface area contributed by atoms with Gasteiger partial charge in [0.15, 0.2) is 6.10 Å². The molecule has 0 aliphatic heterocycles. The summed E-state index contributed by atoms with van der Waals surface area (Å²) < 4.78 is 16.9. The van der Waals surface area contributed by atoms with E-state index in [1.165, 1.54) is 103 Å². The molecular formula is C67H112O6. The molecule has 0 spiro atoms. The summed E-state index contributed by atoms with van der Waals surface area (Å²) in [6.07, 6.45) is 82.2. The van der Waals surface area contributed by atoms with Gasteiger partial charge in [0.1, 0.15) is 13.2 Å². The molecule has 0 saturated carbocycles. The van der Waals surface area contributed by atoms with Crippen LogP contribution in [0.25, 0.3) is 0 Å². The predicted octanol–water partition coefficient (Wildman–Crippen LogP) is 20.7. The Morgan fingerprint density at radius 2 is 0.534 bits per heavy atom. The standard InChI is InChI=1S/C67H112O6/c1-4-7-10-13-16-19-22-25-28-31-33-36-39-42-45-48-51-54-57-60-66(69)72-63-64(62-71-65(68)59-56-53-50-47-44-41-38-35-30-27-24-21-18-15-12-9-6-3)73-67(70)61-58-55-52-49-46-43-40-37-34-32-29-26-23-20-17-14-11-8-5-2/h7-8,10-11,16-17,19-20,25-26,28-29,33-34,36-37,42,45,64H,4-6,9,12-15,18,21-24,27,30-32,35,38-41,43-44,46-63H2,1-3H3/b10-7-,11-8-,19-16-,20-17-,28-25-,29-26-,36-33-,37-34-,45-42-. The largest absolute Gasteiger partial charge is 0.462 e. The lowest BCUT2D eigenvalue weighted by atomic mass is 10.0. The molecule has 1 unspecified atom stereocenters. The Balaban J connectivity index is 4.47. The second kappa shape index (κ2) is 60.6. The van der Waals surface area contributed by atoms with Crippen LogP contribution in [0.15, 0.2) is 109 Å². The van der Waals surface area contributed by atoms with Gasteiger partial charge >= 0.3 is 17.9 Å². The van der Waals surface area contributed by atoms with Crippen molar-refractivity contribution in [3.63, 3.8) is 0 Å². The van der Waals surface area contributed by atoms with Crippen molar-refractivity contribution in [2.75, 3.05) is 13.2 Å².